The van der Waals surface area contributed by atoms with E-state index in [4.69, 9.17) is 4.74 Å². The SMILES string of the molecule is COc1ccc(CNC(=O)[C@@H](Br)[C@@H](C)O)cc1. The number of benzene rings is 1. The predicted octanol–water partition coefficient (Wildman–Crippen LogP) is 1.46. The number of carbonyl (C=O) groups excluding carboxylic acids is 1. The topological polar surface area (TPSA) is 58.6 Å². The van der Waals surface area contributed by atoms with Crippen molar-refractivity contribution < 1.29 is 14.6 Å². The molecular formula is C12H16BrNO3. The van der Waals surface area contributed by atoms with Gasteiger partial charge in [0.05, 0.1) is 13.2 Å². The highest BCUT2D eigenvalue weighted by atomic mass is 79.9. The monoisotopic (exact) mass is 301 g/mol. The van der Waals surface area contributed by atoms with Gasteiger partial charge in [-0.3, -0.25) is 4.79 Å². The third-order valence-electron chi connectivity index (χ3n) is 2.30. The fourth-order valence-corrected chi connectivity index (χ4v) is 1.41. The van der Waals surface area contributed by atoms with E-state index in [-0.39, 0.29) is 5.91 Å². The summed E-state index contributed by atoms with van der Waals surface area (Å²) in [4.78, 5) is 11.0. The van der Waals surface area contributed by atoms with Crippen LogP contribution in [0.4, 0.5) is 0 Å². The Hall–Kier alpha value is -1.07. The Balaban J connectivity index is 2.47. The first-order valence-electron chi connectivity index (χ1n) is 5.27. The lowest BCUT2D eigenvalue weighted by Crippen LogP contribution is -2.36. The molecule has 0 saturated heterocycles. The lowest BCUT2D eigenvalue weighted by atomic mass is 10.2. The van der Waals surface area contributed by atoms with Gasteiger partial charge in [0.25, 0.3) is 0 Å². The van der Waals surface area contributed by atoms with Gasteiger partial charge in [-0.15, -0.1) is 0 Å². The number of alkyl halides is 1. The van der Waals surface area contributed by atoms with E-state index >= 15 is 0 Å². The molecule has 0 radical (unpaired) electrons. The molecule has 0 unspecified atom stereocenters. The van der Waals surface area contributed by atoms with Gasteiger partial charge in [-0.2, -0.15) is 0 Å². The molecular weight excluding hydrogens is 286 g/mol. The average molecular weight is 302 g/mol. The first kappa shape index (κ1) is 14.0. The molecule has 1 aromatic rings. The summed E-state index contributed by atoms with van der Waals surface area (Å²) in [5, 5.41) is 12.0. The molecule has 1 aromatic carbocycles. The Kier molecular flexibility index (Phi) is 5.44. The van der Waals surface area contributed by atoms with Crippen LogP contribution >= 0.6 is 15.9 Å². The molecule has 0 aliphatic heterocycles. The normalized spacial score (nSPS) is 13.9. The molecule has 1 rings (SSSR count). The van der Waals surface area contributed by atoms with Crippen molar-refractivity contribution in [2.45, 2.75) is 24.4 Å². The minimum absolute atomic E-state index is 0.226. The number of hydrogen-bond donors (Lipinski definition) is 2. The Morgan fingerprint density at radius 1 is 1.47 bits per heavy atom. The molecule has 0 spiro atoms. The van der Waals surface area contributed by atoms with E-state index in [1.807, 2.05) is 24.3 Å². The molecule has 1 amide bonds. The van der Waals surface area contributed by atoms with Gasteiger partial charge >= 0.3 is 0 Å². The molecule has 0 aromatic heterocycles. The first-order valence-corrected chi connectivity index (χ1v) is 6.19. The Bertz CT molecular complexity index is 365. The molecule has 0 fully saturated rings. The quantitative estimate of drug-likeness (QED) is 0.810. The lowest BCUT2D eigenvalue weighted by Gasteiger charge is -2.13. The van der Waals surface area contributed by atoms with Crippen LogP contribution in [-0.4, -0.2) is 29.1 Å². The molecule has 2 atom stereocenters. The maximum Gasteiger partial charge on any atom is 0.236 e. The van der Waals surface area contributed by atoms with Crippen molar-refractivity contribution >= 4 is 21.8 Å². The number of aliphatic hydroxyl groups excluding tert-OH is 1. The Morgan fingerprint density at radius 2 is 2.06 bits per heavy atom. The second-order valence-electron chi connectivity index (χ2n) is 3.71. The molecule has 17 heavy (non-hydrogen) atoms. The standard InChI is InChI=1S/C12H16BrNO3/c1-8(15)11(13)12(16)14-7-9-3-5-10(17-2)6-4-9/h3-6,8,11,15H,7H2,1-2H3,(H,14,16)/t8-,11+/m1/s1. The van der Waals surface area contributed by atoms with Crippen molar-refractivity contribution in [2.24, 2.45) is 0 Å². The highest BCUT2D eigenvalue weighted by Gasteiger charge is 2.19. The summed E-state index contributed by atoms with van der Waals surface area (Å²) in [6, 6.07) is 7.43. The smallest absolute Gasteiger partial charge is 0.236 e. The van der Waals surface area contributed by atoms with Gasteiger partial charge in [-0.05, 0) is 24.6 Å². The maximum absolute atomic E-state index is 11.5. The van der Waals surface area contributed by atoms with Gasteiger partial charge in [0.1, 0.15) is 10.6 Å². The van der Waals surface area contributed by atoms with E-state index in [0.29, 0.717) is 6.54 Å². The van der Waals surface area contributed by atoms with Crippen LogP contribution in [0, 0.1) is 0 Å². The van der Waals surface area contributed by atoms with Crippen LogP contribution in [0.1, 0.15) is 12.5 Å². The first-order chi connectivity index (χ1) is 8.04. The van der Waals surface area contributed by atoms with Crippen molar-refractivity contribution in [1.29, 1.82) is 0 Å². The number of methoxy groups -OCH3 is 1. The molecule has 0 aliphatic carbocycles. The van der Waals surface area contributed by atoms with Crippen LogP contribution in [0.15, 0.2) is 24.3 Å². The van der Waals surface area contributed by atoms with Crippen LogP contribution in [0.2, 0.25) is 0 Å². The number of ether oxygens (including phenoxy) is 1. The lowest BCUT2D eigenvalue weighted by molar-refractivity contribution is -0.122. The number of carbonyl (C=O) groups is 1. The van der Waals surface area contributed by atoms with Gasteiger partial charge < -0.3 is 15.2 Å². The summed E-state index contributed by atoms with van der Waals surface area (Å²) >= 11 is 3.12. The molecule has 0 aliphatic rings. The third kappa shape index (κ3) is 4.36. The van der Waals surface area contributed by atoms with Crippen LogP contribution < -0.4 is 10.1 Å². The van der Waals surface area contributed by atoms with Crippen molar-refractivity contribution in [3.63, 3.8) is 0 Å². The number of aliphatic hydroxyl groups is 1. The molecule has 94 valence electrons. The van der Waals surface area contributed by atoms with Crippen molar-refractivity contribution in [3.05, 3.63) is 29.8 Å². The van der Waals surface area contributed by atoms with E-state index < -0.39 is 10.9 Å². The molecule has 0 saturated carbocycles. The highest BCUT2D eigenvalue weighted by molar-refractivity contribution is 9.10. The van der Waals surface area contributed by atoms with Crippen LogP contribution in [-0.2, 0) is 11.3 Å². The summed E-state index contributed by atoms with van der Waals surface area (Å²) in [6.07, 6.45) is -0.717. The molecule has 5 heteroatoms. The number of rotatable bonds is 5. The van der Waals surface area contributed by atoms with Gasteiger partial charge in [0.15, 0.2) is 0 Å². The summed E-state index contributed by atoms with van der Waals surface area (Å²) in [5.74, 6) is 0.554. The van der Waals surface area contributed by atoms with Gasteiger partial charge in [-0.1, -0.05) is 28.1 Å². The largest absolute Gasteiger partial charge is 0.497 e. The maximum atomic E-state index is 11.5. The van der Waals surface area contributed by atoms with Crippen LogP contribution in [0.25, 0.3) is 0 Å². The zero-order chi connectivity index (χ0) is 12.8. The zero-order valence-electron chi connectivity index (χ0n) is 9.81. The minimum Gasteiger partial charge on any atom is -0.497 e. The number of amides is 1. The minimum atomic E-state index is -0.717. The summed E-state index contributed by atoms with van der Waals surface area (Å²) < 4.78 is 5.04. The van der Waals surface area contributed by atoms with E-state index in [1.165, 1.54) is 0 Å². The zero-order valence-corrected chi connectivity index (χ0v) is 11.4. The molecule has 2 N–H and O–H groups in total. The van der Waals surface area contributed by atoms with E-state index in [2.05, 4.69) is 21.2 Å². The van der Waals surface area contributed by atoms with Crippen LogP contribution in [0.3, 0.4) is 0 Å². The van der Waals surface area contributed by atoms with Gasteiger partial charge in [0, 0.05) is 6.54 Å². The molecule has 0 bridgehead atoms. The summed E-state index contributed by atoms with van der Waals surface area (Å²) in [6.45, 7) is 1.99. The molecule has 0 heterocycles. The van der Waals surface area contributed by atoms with E-state index in [9.17, 15) is 9.90 Å². The second kappa shape index (κ2) is 6.61. The fourth-order valence-electron chi connectivity index (χ4n) is 1.25. The Labute approximate surface area is 109 Å². The summed E-state index contributed by atoms with van der Waals surface area (Å²) in [7, 11) is 1.61. The average Bonchev–Trinajstić information content (AvgIpc) is 2.35. The summed E-state index contributed by atoms with van der Waals surface area (Å²) in [5.41, 5.74) is 0.976. The van der Waals surface area contributed by atoms with Gasteiger partial charge in [0.2, 0.25) is 5.91 Å². The third-order valence-corrected chi connectivity index (χ3v) is 3.48. The fraction of sp³-hybridized carbons (Fsp3) is 0.417. The Morgan fingerprint density at radius 3 is 2.53 bits per heavy atom. The predicted molar refractivity (Wildman–Crippen MR) is 69.2 cm³/mol. The molecule has 4 nitrogen and oxygen atoms in total. The number of nitrogens with one attached hydrogen (secondary N) is 1. The number of halogens is 1. The van der Waals surface area contributed by atoms with Crippen molar-refractivity contribution in [2.75, 3.05) is 7.11 Å². The number of hydrogen-bond acceptors (Lipinski definition) is 3. The highest BCUT2D eigenvalue weighted by Crippen LogP contribution is 2.11. The van der Waals surface area contributed by atoms with E-state index in [1.54, 1.807) is 14.0 Å². The van der Waals surface area contributed by atoms with Crippen molar-refractivity contribution in [3.8, 4) is 5.75 Å². The van der Waals surface area contributed by atoms with Crippen LogP contribution in [0.5, 0.6) is 5.75 Å². The van der Waals surface area contributed by atoms with Gasteiger partial charge in [-0.25, -0.2) is 0 Å². The van der Waals surface area contributed by atoms with Crippen molar-refractivity contribution in [1.82, 2.24) is 5.32 Å². The second-order valence-corrected chi connectivity index (χ2v) is 4.69. The van der Waals surface area contributed by atoms with E-state index in [0.717, 1.165) is 11.3 Å².